The minimum absolute atomic E-state index is 0.238. The van der Waals surface area contributed by atoms with Gasteiger partial charge in [0, 0.05) is 0 Å². The summed E-state index contributed by atoms with van der Waals surface area (Å²) in [6.45, 7) is 0. The first-order valence-electron chi connectivity index (χ1n) is 4.94. The summed E-state index contributed by atoms with van der Waals surface area (Å²) in [5.74, 6) is 0. The van der Waals surface area contributed by atoms with E-state index in [1.54, 1.807) is 0 Å². The zero-order chi connectivity index (χ0) is 11.8. The van der Waals surface area contributed by atoms with Gasteiger partial charge in [-0.3, -0.25) is 0 Å². The molecule has 0 radical (unpaired) electrons. The van der Waals surface area contributed by atoms with Crippen LogP contribution >= 0.6 is 11.6 Å². The zero-order valence-corrected chi connectivity index (χ0v) is 9.35. The van der Waals surface area contributed by atoms with Gasteiger partial charge in [-0.2, -0.15) is 0 Å². The van der Waals surface area contributed by atoms with Crippen LogP contribution in [-0.2, 0) is 0 Å². The lowest BCUT2D eigenvalue weighted by Gasteiger charge is -2.01. The molecule has 5 nitrogen and oxygen atoms in total. The summed E-state index contributed by atoms with van der Waals surface area (Å²) in [6, 6.07) is 9.23. The van der Waals surface area contributed by atoms with Gasteiger partial charge in [0.15, 0.2) is 10.8 Å². The number of nitrogens with zero attached hydrogens (tertiary/aromatic N) is 3. The van der Waals surface area contributed by atoms with Crippen molar-refractivity contribution in [2.24, 2.45) is 0 Å². The van der Waals surface area contributed by atoms with Crippen LogP contribution < -0.4 is 5.69 Å². The number of H-pyrrole nitrogens is 1. The second-order valence-electron chi connectivity index (χ2n) is 3.46. The summed E-state index contributed by atoms with van der Waals surface area (Å²) >= 11 is 5.90. The van der Waals surface area contributed by atoms with Crippen LogP contribution in [0, 0.1) is 0 Å². The Bertz CT molecular complexity index is 732. The first kappa shape index (κ1) is 10.0. The van der Waals surface area contributed by atoms with Crippen molar-refractivity contribution >= 4 is 22.8 Å². The summed E-state index contributed by atoms with van der Waals surface area (Å²) in [7, 11) is 0. The molecule has 0 bridgehead atoms. The van der Waals surface area contributed by atoms with Crippen molar-refractivity contribution in [1.82, 2.24) is 19.5 Å². The molecular formula is C11H7ClN4O. The molecule has 2 heterocycles. The van der Waals surface area contributed by atoms with E-state index in [9.17, 15) is 4.79 Å². The molecule has 1 N–H and O–H groups in total. The molecule has 3 aromatic rings. The summed E-state index contributed by atoms with van der Waals surface area (Å²) in [5, 5.41) is 0.238. The van der Waals surface area contributed by atoms with Crippen LogP contribution in [0.5, 0.6) is 0 Å². The number of imidazole rings is 1. The van der Waals surface area contributed by atoms with Gasteiger partial charge in [0.25, 0.3) is 0 Å². The number of hydrogen-bond acceptors (Lipinski definition) is 3. The molecule has 1 aromatic carbocycles. The van der Waals surface area contributed by atoms with E-state index >= 15 is 0 Å². The third kappa shape index (κ3) is 1.52. The molecule has 0 amide bonds. The quantitative estimate of drug-likeness (QED) is 0.666. The monoisotopic (exact) mass is 246 g/mol. The van der Waals surface area contributed by atoms with Crippen molar-refractivity contribution in [3.05, 3.63) is 52.3 Å². The number of para-hydroxylation sites is 1. The van der Waals surface area contributed by atoms with E-state index in [4.69, 9.17) is 11.6 Å². The number of aromatic nitrogens is 4. The third-order valence-electron chi connectivity index (χ3n) is 2.44. The minimum Gasteiger partial charge on any atom is -0.301 e. The van der Waals surface area contributed by atoms with E-state index in [1.165, 1.54) is 10.9 Å². The summed E-state index contributed by atoms with van der Waals surface area (Å²) in [5.41, 5.74) is 1.37. The van der Waals surface area contributed by atoms with Gasteiger partial charge < -0.3 is 4.98 Å². The molecule has 6 heteroatoms. The first-order chi connectivity index (χ1) is 8.27. The highest BCUT2D eigenvalue weighted by Gasteiger charge is 2.12. The van der Waals surface area contributed by atoms with Gasteiger partial charge in [0.1, 0.15) is 11.8 Å². The lowest BCUT2D eigenvalue weighted by atomic mass is 10.3. The predicted octanol–water partition coefficient (Wildman–Crippen LogP) is 1.76. The third-order valence-corrected chi connectivity index (χ3v) is 2.73. The fourth-order valence-electron chi connectivity index (χ4n) is 1.71. The molecule has 0 aliphatic carbocycles. The van der Waals surface area contributed by atoms with Gasteiger partial charge in [-0.05, 0) is 12.1 Å². The van der Waals surface area contributed by atoms with Crippen LogP contribution in [-0.4, -0.2) is 19.5 Å². The van der Waals surface area contributed by atoms with Crippen LogP contribution in [0.25, 0.3) is 16.9 Å². The van der Waals surface area contributed by atoms with Crippen LogP contribution in [0.1, 0.15) is 0 Å². The molecule has 17 heavy (non-hydrogen) atoms. The molecule has 3 rings (SSSR count). The summed E-state index contributed by atoms with van der Waals surface area (Å²) in [4.78, 5) is 22.4. The van der Waals surface area contributed by atoms with Crippen LogP contribution in [0.15, 0.2) is 41.5 Å². The second kappa shape index (κ2) is 3.71. The highest BCUT2D eigenvalue weighted by Crippen LogP contribution is 2.17. The molecule has 0 atom stereocenters. The lowest BCUT2D eigenvalue weighted by Crippen LogP contribution is -2.14. The van der Waals surface area contributed by atoms with Crippen molar-refractivity contribution in [1.29, 1.82) is 0 Å². The molecule has 0 unspecified atom stereocenters. The Labute approximate surface area is 101 Å². The Morgan fingerprint density at radius 1 is 1.18 bits per heavy atom. The van der Waals surface area contributed by atoms with Crippen molar-refractivity contribution in [3.63, 3.8) is 0 Å². The molecule has 84 valence electrons. The largest absolute Gasteiger partial charge is 0.332 e. The Balaban J connectivity index is 2.42. The van der Waals surface area contributed by atoms with Gasteiger partial charge in [-0.15, -0.1) is 0 Å². The zero-order valence-electron chi connectivity index (χ0n) is 8.59. The Kier molecular flexibility index (Phi) is 2.19. The SMILES string of the molecule is O=c1[nH]c2c(Cl)ncnc2n1-c1ccccc1. The molecule has 0 saturated carbocycles. The van der Waals surface area contributed by atoms with Gasteiger partial charge in [-0.1, -0.05) is 29.8 Å². The van der Waals surface area contributed by atoms with Gasteiger partial charge in [-0.25, -0.2) is 19.3 Å². The number of fused-ring (bicyclic) bond motifs is 1. The molecule has 0 aliphatic heterocycles. The average molecular weight is 247 g/mol. The summed E-state index contributed by atoms with van der Waals surface area (Å²) in [6.07, 6.45) is 1.33. The van der Waals surface area contributed by atoms with Gasteiger partial charge in [0.05, 0.1) is 5.69 Å². The fourth-order valence-corrected chi connectivity index (χ4v) is 1.88. The molecule has 0 fully saturated rings. The fraction of sp³-hybridized carbons (Fsp3) is 0. The molecule has 0 spiro atoms. The van der Waals surface area contributed by atoms with Crippen molar-refractivity contribution in [2.75, 3.05) is 0 Å². The molecule has 0 saturated heterocycles. The smallest absolute Gasteiger partial charge is 0.301 e. The average Bonchev–Trinajstić information content (AvgIpc) is 2.68. The van der Waals surface area contributed by atoms with Gasteiger partial charge >= 0.3 is 5.69 Å². The molecule has 0 aliphatic rings. The van der Waals surface area contributed by atoms with E-state index < -0.39 is 0 Å². The lowest BCUT2D eigenvalue weighted by molar-refractivity contribution is 0.997. The highest BCUT2D eigenvalue weighted by atomic mass is 35.5. The highest BCUT2D eigenvalue weighted by molar-refractivity contribution is 6.33. The number of rotatable bonds is 1. The maximum absolute atomic E-state index is 11.9. The molecule has 2 aromatic heterocycles. The van der Waals surface area contributed by atoms with E-state index in [0.717, 1.165) is 5.69 Å². The summed E-state index contributed by atoms with van der Waals surface area (Å²) < 4.78 is 1.46. The Morgan fingerprint density at radius 3 is 2.71 bits per heavy atom. The number of hydrogen-bond donors (Lipinski definition) is 1. The number of halogens is 1. The minimum atomic E-state index is -0.284. The predicted molar refractivity (Wildman–Crippen MR) is 64.5 cm³/mol. The maximum atomic E-state index is 11.9. The number of benzene rings is 1. The van der Waals surface area contributed by atoms with E-state index in [1.807, 2.05) is 30.3 Å². The van der Waals surface area contributed by atoms with Crippen LogP contribution in [0.4, 0.5) is 0 Å². The van der Waals surface area contributed by atoms with Crippen molar-refractivity contribution < 1.29 is 0 Å². The number of nitrogens with one attached hydrogen (secondary N) is 1. The molecular weight excluding hydrogens is 240 g/mol. The maximum Gasteiger partial charge on any atom is 0.332 e. The van der Waals surface area contributed by atoms with E-state index in [0.29, 0.717) is 11.2 Å². The first-order valence-corrected chi connectivity index (χ1v) is 5.32. The topological polar surface area (TPSA) is 63.6 Å². The van der Waals surface area contributed by atoms with E-state index in [-0.39, 0.29) is 10.8 Å². The van der Waals surface area contributed by atoms with Gasteiger partial charge in [0.2, 0.25) is 0 Å². The Hall–Kier alpha value is -2.14. The van der Waals surface area contributed by atoms with E-state index in [2.05, 4.69) is 15.0 Å². The van der Waals surface area contributed by atoms with Crippen LogP contribution in [0.2, 0.25) is 5.15 Å². The van der Waals surface area contributed by atoms with Crippen molar-refractivity contribution in [3.8, 4) is 5.69 Å². The normalized spacial score (nSPS) is 10.9. The number of aromatic amines is 1. The standard InChI is InChI=1S/C11H7ClN4O/c12-9-8-10(14-6-13-9)16(11(17)15-8)7-4-2-1-3-5-7/h1-6H,(H,15,17). The van der Waals surface area contributed by atoms with Crippen LogP contribution in [0.3, 0.4) is 0 Å². The Morgan fingerprint density at radius 2 is 1.94 bits per heavy atom. The second-order valence-corrected chi connectivity index (χ2v) is 3.82. The van der Waals surface area contributed by atoms with Crippen molar-refractivity contribution in [2.45, 2.75) is 0 Å².